The van der Waals surface area contributed by atoms with Crippen LogP contribution in [0.25, 0.3) is 116 Å². The van der Waals surface area contributed by atoms with Crippen LogP contribution in [-0.2, 0) is 0 Å². The number of aromatic nitrogens is 5. The van der Waals surface area contributed by atoms with Crippen molar-refractivity contribution in [1.82, 2.24) is 23.7 Å². The zero-order valence-corrected chi connectivity index (χ0v) is 45.2. The third kappa shape index (κ3) is 6.90. The highest BCUT2D eigenvalue weighted by atomic mass is 15.0. The van der Waals surface area contributed by atoms with Crippen LogP contribution in [0.5, 0.6) is 0 Å². The normalized spacial score (nSPS) is 12.0. The van der Waals surface area contributed by atoms with E-state index in [2.05, 4.69) is 242 Å². The van der Waals surface area contributed by atoms with Crippen LogP contribution in [0, 0.1) is 83.1 Å². The minimum atomic E-state index is 0.751. The molecule has 75 heavy (non-hydrogen) atoms. The first-order valence-electron chi connectivity index (χ1n) is 26.4. The van der Waals surface area contributed by atoms with E-state index in [0.29, 0.717) is 0 Å². The average Bonchev–Trinajstić information content (AvgIpc) is 4.07. The van der Waals surface area contributed by atoms with Crippen molar-refractivity contribution >= 4 is 65.4 Å². The van der Waals surface area contributed by atoms with Crippen LogP contribution in [0.3, 0.4) is 0 Å². The number of para-hydroxylation sites is 2. The van der Waals surface area contributed by atoms with Crippen molar-refractivity contribution in [2.24, 2.45) is 0 Å². The SMILES string of the molecule is Cc1ccc2c(c1)c1ccccc1n2-c1cccc(-c2cc(-c3cc(C)nc(C)n3)cc(-c3cccc(-n4c5ccccc5c5cc(C)ccc54)c3)c2-n2c3c(C)c(C)c(C)c(C)c3c3c(C)c(C)c(C)c(C)c32)c1. The molecule has 0 unspecified atom stereocenters. The summed E-state index contributed by atoms with van der Waals surface area (Å²) in [6, 6.07) is 56.8. The van der Waals surface area contributed by atoms with Crippen molar-refractivity contribution in [3.63, 3.8) is 0 Å². The number of rotatable bonds is 6. The molecular formula is C70H61N5. The number of hydrogen-bond donors (Lipinski definition) is 0. The Morgan fingerprint density at radius 1 is 0.320 bits per heavy atom. The van der Waals surface area contributed by atoms with Crippen LogP contribution < -0.4 is 0 Å². The van der Waals surface area contributed by atoms with Crippen molar-refractivity contribution in [1.29, 1.82) is 0 Å². The van der Waals surface area contributed by atoms with Gasteiger partial charge in [-0.2, -0.15) is 0 Å². The van der Waals surface area contributed by atoms with E-state index < -0.39 is 0 Å². The van der Waals surface area contributed by atoms with Crippen LogP contribution >= 0.6 is 0 Å². The third-order valence-electron chi connectivity index (χ3n) is 17.1. The minimum absolute atomic E-state index is 0.751. The smallest absolute Gasteiger partial charge is 0.126 e. The molecule has 0 aliphatic heterocycles. The molecule has 0 saturated carbocycles. The average molecular weight is 972 g/mol. The van der Waals surface area contributed by atoms with Gasteiger partial charge in [0.15, 0.2) is 0 Å². The lowest BCUT2D eigenvalue weighted by Crippen LogP contribution is -2.06. The predicted molar refractivity (Wildman–Crippen MR) is 318 cm³/mol. The fourth-order valence-corrected chi connectivity index (χ4v) is 12.8. The maximum absolute atomic E-state index is 5.20. The van der Waals surface area contributed by atoms with Crippen LogP contribution in [0.2, 0.25) is 0 Å². The summed E-state index contributed by atoms with van der Waals surface area (Å²) in [5.41, 5.74) is 31.1. The second kappa shape index (κ2) is 17.0. The zero-order valence-electron chi connectivity index (χ0n) is 45.2. The van der Waals surface area contributed by atoms with Crippen LogP contribution in [-0.4, -0.2) is 23.7 Å². The molecule has 9 aromatic carbocycles. The minimum Gasteiger partial charge on any atom is -0.309 e. The largest absolute Gasteiger partial charge is 0.309 e. The zero-order chi connectivity index (χ0) is 51.9. The predicted octanol–water partition coefficient (Wildman–Crippen LogP) is 18.5. The van der Waals surface area contributed by atoms with Gasteiger partial charge in [0.2, 0.25) is 0 Å². The molecule has 0 amide bonds. The van der Waals surface area contributed by atoms with Crippen molar-refractivity contribution in [2.75, 3.05) is 0 Å². The molecule has 0 bridgehead atoms. The second-order valence-corrected chi connectivity index (χ2v) is 21.5. The number of hydrogen-bond acceptors (Lipinski definition) is 2. The first-order valence-corrected chi connectivity index (χ1v) is 26.4. The molecule has 13 aromatic rings. The molecule has 0 radical (unpaired) electrons. The highest BCUT2D eigenvalue weighted by molar-refractivity contribution is 6.17. The highest BCUT2D eigenvalue weighted by Gasteiger charge is 2.29. The third-order valence-corrected chi connectivity index (χ3v) is 17.1. The lowest BCUT2D eigenvalue weighted by atomic mass is 9.90. The monoisotopic (exact) mass is 971 g/mol. The molecule has 0 aliphatic rings. The number of nitrogens with zero attached hydrogens (tertiary/aromatic N) is 5. The Morgan fingerprint density at radius 3 is 1.23 bits per heavy atom. The van der Waals surface area contributed by atoms with Crippen LogP contribution in [0.1, 0.15) is 67.2 Å². The van der Waals surface area contributed by atoms with E-state index in [1.54, 1.807) is 0 Å². The van der Waals surface area contributed by atoms with E-state index >= 15 is 0 Å². The standard InChI is InChI=1S/C70H61N5/c1-38-27-29-64-59(31-38)55-23-13-15-25-62(55)73(64)53-21-17-19-50(34-53)57-36-52(61-33-40(3)71-49(12)72-61)37-58(51-20-18-22-54(35-51)74-63-26-16-14-24-56(63)60-32-39(2)28-30-65(60)74)70(57)75-68-47(10)43(6)41(4)45(8)66(68)67-46(9)42(5)44(7)48(11)69(67)75/h13-37H,1-12H3. The summed E-state index contributed by atoms with van der Waals surface area (Å²) in [4.78, 5) is 9.98. The molecule has 4 heterocycles. The van der Waals surface area contributed by atoms with Crippen molar-refractivity contribution in [2.45, 2.75) is 83.1 Å². The summed E-state index contributed by atoms with van der Waals surface area (Å²) in [6.07, 6.45) is 0. The Labute approximate surface area is 439 Å². The lowest BCUT2D eigenvalue weighted by molar-refractivity contribution is 1.02. The Morgan fingerprint density at radius 2 is 0.760 bits per heavy atom. The summed E-state index contributed by atoms with van der Waals surface area (Å²) in [5, 5.41) is 7.68. The van der Waals surface area contributed by atoms with E-state index in [0.717, 1.165) is 62.1 Å². The molecule has 0 saturated heterocycles. The van der Waals surface area contributed by atoms with Crippen molar-refractivity contribution < 1.29 is 0 Å². The Hall–Kier alpha value is -8.54. The van der Waals surface area contributed by atoms with Crippen molar-refractivity contribution in [3.8, 4) is 50.6 Å². The van der Waals surface area contributed by atoms with E-state index in [1.807, 2.05) is 6.92 Å². The van der Waals surface area contributed by atoms with Gasteiger partial charge in [-0.3, -0.25) is 0 Å². The van der Waals surface area contributed by atoms with Gasteiger partial charge in [-0.1, -0.05) is 83.9 Å². The Kier molecular flexibility index (Phi) is 10.5. The lowest BCUT2D eigenvalue weighted by Gasteiger charge is -2.24. The molecular weight excluding hydrogens is 911 g/mol. The quantitative estimate of drug-likeness (QED) is 0.167. The molecule has 4 aromatic heterocycles. The van der Waals surface area contributed by atoms with Crippen LogP contribution in [0.4, 0.5) is 0 Å². The molecule has 0 atom stereocenters. The number of fused-ring (bicyclic) bond motifs is 9. The molecule has 0 N–H and O–H groups in total. The van der Waals surface area contributed by atoms with Crippen molar-refractivity contribution in [3.05, 3.63) is 219 Å². The molecule has 0 spiro atoms. The van der Waals surface area contributed by atoms with Crippen LogP contribution in [0.15, 0.2) is 152 Å². The van der Waals surface area contributed by atoms with Gasteiger partial charge < -0.3 is 13.7 Å². The Bertz CT molecular complexity index is 4320. The topological polar surface area (TPSA) is 40.6 Å². The maximum atomic E-state index is 5.20. The summed E-state index contributed by atoms with van der Waals surface area (Å²) >= 11 is 0. The molecule has 13 rings (SSSR count). The Balaban J connectivity index is 1.22. The first kappa shape index (κ1) is 46.3. The molecule has 0 fully saturated rings. The van der Waals surface area contributed by atoms with E-state index in [9.17, 15) is 0 Å². The van der Waals surface area contributed by atoms with Gasteiger partial charge in [-0.15, -0.1) is 0 Å². The summed E-state index contributed by atoms with van der Waals surface area (Å²) in [5.74, 6) is 0.751. The van der Waals surface area contributed by atoms with E-state index in [-0.39, 0.29) is 0 Å². The van der Waals surface area contributed by atoms with Gasteiger partial charge in [0.05, 0.1) is 44.5 Å². The molecule has 5 nitrogen and oxygen atoms in total. The first-order chi connectivity index (χ1) is 36.2. The van der Waals surface area contributed by atoms with Gasteiger partial charge in [-0.05, 0) is 218 Å². The molecule has 366 valence electrons. The fraction of sp³-hybridized carbons (Fsp3) is 0.171. The summed E-state index contributed by atoms with van der Waals surface area (Å²) in [7, 11) is 0. The highest BCUT2D eigenvalue weighted by Crippen LogP contribution is 2.49. The molecule has 0 aliphatic carbocycles. The van der Waals surface area contributed by atoms with Gasteiger partial charge in [0.1, 0.15) is 5.82 Å². The maximum Gasteiger partial charge on any atom is 0.126 e. The second-order valence-electron chi connectivity index (χ2n) is 21.5. The van der Waals surface area contributed by atoms with Gasteiger partial charge in [-0.25, -0.2) is 9.97 Å². The molecule has 5 heteroatoms. The number of aryl methyl sites for hydroxylation is 8. The van der Waals surface area contributed by atoms with Gasteiger partial charge in [0, 0.05) is 66.1 Å². The summed E-state index contributed by atoms with van der Waals surface area (Å²) < 4.78 is 7.59. The van der Waals surface area contributed by atoms with Gasteiger partial charge in [0.25, 0.3) is 0 Å². The summed E-state index contributed by atoms with van der Waals surface area (Å²) in [6.45, 7) is 27.1. The fourth-order valence-electron chi connectivity index (χ4n) is 12.8. The van der Waals surface area contributed by atoms with E-state index in [4.69, 9.17) is 9.97 Å². The van der Waals surface area contributed by atoms with Gasteiger partial charge >= 0.3 is 0 Å². The van der Waals surface area contributed by atoms with E-state index in [1.165, 1.54) is 121 Å². The number of benzene rings is 9.